The summed E-state index contributed by atoms with van der Waals surface area (Å²) in [5, 5.41) is 8.94. The molecule has 2 bridgehead atoms. The van der Waals surface area contributed by atoms with E-state index in [2.05, 4.69) is 0 Å². The third-order valence-electron chi connectivity index (χ3n) is 4.74. The van der Waals surface area contributed by atoms with Crippen LogP contribution in [0.15, 0.2) is 24.3 Å². The van der Waals surface area contributed by atoms with E-state index in [1.165, 1.54) is 6.92 Å². The summed E-state index contributed by atoms with van der Waals surface area (Å²) >= 11 is 0. The van der Waals surface area contributed by atoms with Crippen LogP contribution < -0.4 is 0 Å². The molecule has 0 aromatic heterocycles. The Balaban J connectivity index is 1.69. The minimum absolute atomic E-state index is 0.188. The number of ether oxygens (including phenoxy) is 2. The molecule has 118 valence electrons. The first-order valence-corrected chi connectivity index (χ1v) is 7.65. The molecule has 2 fully saturated rings. The minimum Gasteiger partial charge on any atom is -0.478 e. The number of carbonyl (C=O) groups is 2. The van der Waals surface area contributed by atoms with Crippen LogP contribution in [0.2, 0.25) is 0 Å². The third kappa shape index (κ3) is 2.99. The first kappa shape index (κ1) is 15.0. The Labute approximate surface area is 129 Å². The second kappa shape index (κ2) is 6.08. The van der Waals surface area contributed by atoms with Gasteiger partial charge in [0, 0.05) is 12.8 Å². The average molecular weight is 304 g/mol. The number of carboxylic acid groups (broad SMARTS) is 1. The standard InChI is InChI=1S/C17H20O5/c1-10(18)21-9-14-13(15-6-7-16(14)22-15)8-11-2-4-12(5-3-11)17(19)20/h2-5,13-16H,6-9H2,1H3,(H,19,20). The van der Waals surface area contributed by atoms with Gasteiger partial charge < -0.3 is 14.6 Å². The molecule has 2 saturated heterocycles. The van der Waals surface area contributed by atoms with E-state index in [9.17, 15) is 9.59 Å². The van der Waals surface area contributed by atoms with Gasteiger partial charge in [-0.3, -0.25) is 4.79 Å². The van der Waals surface area contributed by atoms with Crippen molar-refractivity contribution in [3.05, 3.63) is 35.4 Å². The lowest BCUT2D eigenvalue weighted by Gasteiger charge is -2.27. The molecule has 2 aliphatic heterocycles. The van der Waals surface area contributed by atoms with Crippen molar-refractivity contribution in [2.24, 2.45) is 11.8 Å². The Kier molecular flexibility index (Phi) is 4.16. The normalized spacial score (nSPS) is 29.5. The lowest BCUT2D eigenvalue weighted by Crippen LogP contribution is -2.32. The van der Waals surface area contributed by atoms with Gasteiger partial charge in [0.1, 0.15) is 0 Å². The molecular formula is C17H20O5. The summed E-state index contributed by atoms with van der Waals surface area (Å²) in [6, 6.07) is 6.98. The first-order chi connectivity index (χ1) is 10.5. The van der Waals surface area contributed by atoms with E-state index in [4.69, 9.17) is 14.6 Å². The maximum absolute atomic E-state index is 11.1. The van der Waals surface area contributed by atoms with E-state index in [0.717, 1.165) is 24.8 Å². The van der Waals surface area contributed by atoms with Gasteiger partial charge in [0.25, 0.3) is 0 Å². The molecule has 0 aliphatic carbocycles. The molecule has 3 rings (SSSR count). The van der Waals surface area contributed by atoms with Gasteiger partial charge in [0.05, 0.1) is 24.4 Å². The molecule has 5 heteroatoms. The van der Waals surface area contributed by atoms with Crippen molar-refractivity contribution < 1.29 is 24.2 Å². The van der Waals surface area contributed by atoms with Crippen LogP contribution in [0.5, 0.6) is 0 Å². The first-order valence-electron chi connectivity index (χ1n) is 7.65. The van der Waals surface area contributed by atoms with Gasteiger partial charge >= 0.3 is 11.9 Å². The Morgan fingerprint density at radius 3 is 2.41 bits per heavy atom. The fraction of sp³-hybridized carbons (Fsp3) is 0.529. The van der Waals surface area contributed by atoms with E-state index >= 15 is 0 Å². The van der Waals surface area contributed by atoms with Crippen LogP contribution in [0.3, 0.4) is 0 Å². The van der Waals surface area contributed by atoms with Crippen LogP contribution in [0, 0.1) is 11.8 Å². The van der Waals surface area contributed by atoms with Gasteiger partial charge in [-0.2, -0.15) is 0 Å². The molecule has 2 aliphatic rings. The molecule has 0 amide bonds. The summed E-state index contributed by atoms with van der Waals surface area (Å²) in [5.74, 6) is -0.606. The van der Waals surface area contributed by atoms with E-state index in [0.29, 0.717) is 18.1 Å². The van der Waals surface area contributed by atoms with E-state index in [1.54, 1.807) is 12.1 Å². The van der Waals surface area contributed by atoms with Gasteiger partial charge in [-0.05, 0) is 42.9 Å². The number of fused-ring (bicyclic) bond motifs is 2. The molecule has 0 spiro atoms. The molecule has 1 N–H and O–H groups in total. The molecule has 2 heterocycles. The van der Waals surface area contributed by atoms with E-state index in [-0.39, 0.29) is 24.1 Å². The molecule has 4 atom stereocenters. The van der Waals surface area contributed by atoms with Crippen molar-refractivity contribution >= 4 is 11.9 Å². The number of hydrogen-bond donors (Lipinski definition) is 1. The number of carbonyl (C=O) groups excluding carboxylic acids is 1. The van der Waals surface area contributed by atoms with Gasteiger partial charge in [0.15, 0.2) is 0 Å². The van der Waals surface area contributed by atoms with Crippen molar-refractivity contribution in [2.75, 3.05) is 6.61 Å². The largest absolute Gasteiger partial charge is 0.478 e. The summed E-state index contributed by atoms with van der Waals surface area (Å²) in [6.45, 7) is 1.84. The van der Waals surface area contributed by atoms with Gasteiger partial charge in [-0.15, -0.1) is 0 Å². The van der Waals surface area contributed by atoms with Crippen molar-refractivity contribution in [1.82, 2.24) is 0 Å². The average Bonchev–Trinajstić information content (AvgIpc) is 3.07. The van der Waals surface area contributed by atoms with Crippen molar-refractivity contribution in [3.63, 3.8) is 0 Å². The molecule has 22 heavy (non-hydrogen) atoms. The smallest absolute Gasteiger partial charge is 0.335 e. The number of aromatic carboxylic acids is 1. The van der Waals surface area contributed by atoms with Crippen LogP contribution >= 0.6 is 0 Å². The Morgan fingerprint density at radius 1 is 1.18 bits per heavy atom. The zero-order valence-corrected chi connectivity index (χ0v) is 12.5. The lowest BCUT2D eigenvalue weighted by atomic mass is 9.76. The molecule has 1 aromatic rings. The monoisotopic (exact) mass is 304 g/mol. The summed E-state index contributed by atoms with van der Waals surface area (Å²) in [5.41, 5.74) is 1.39. The highest BCUT2D eigenvalue weighted by Gasteiger charge is 2.48. The molecule has 5 nitrogen and oxygen atoms in total. The van der Waals surface area contributed by atoms with Crippen molar-refractivity contribution in [1.29, 1.82) is 0 Å². The van der Waals surface area contributed by atoms with E-state index < -0.39 is 5.97 Å². The highest BCUT2D eigenvalue weighted by Crippen LogP contribution is 2.45. The van der Waals surface area contributed by atoms with Crippen LogP contribution in [-0.4, -0.2) is 35.9 Å². The SMILES string of the molecule is CC(=O)OCC1C2CCC(O2)C1Cc1ccc(C(=O)O)cc1. The van der Waals surface area contributed by atoms with Crippen LogP contribution in [0.1, 0.15) is 35.7 Å². The third-order valence-corrected chi connectivity index (χ3v) is 4.74. The lowest BCUT2D eigenvalue weighted by molar-refractivity contribution is -0.143. The second-order valence-electron chi connectivity index (χ2n) is 6.13. The van der Waals surface area contributed by atoms with Crippen molar-refractivity contribution in [3.8, 4) is 0 Å². The maximum atomic E-state index is 11.1. The van der Waals surface area contributed by atoms with Crippen LogP contribution in [-0.2, 0) is 20.7 Å². The zero-order chi connectivity index (χ0) is 15.7. The van der Waals surface area contributed by atoms with Gasteiger partial charge in [-0.1, -0.05) is 12.1 Å². The molecular weight excluding hydrogens is 284 g/mol. The fourth-order valence-corrected chi connectivity index (χ4v) is 3.65. The summed E-state index contributed by atoms with van der Waals surface area (Å²) in [4.78, 5) is 21.9. The number of hydrogen-bond acceptors (Lipinski definition) is 4. The highest BCUT2D eigenvalue weighted by atomic mass is 16.5. The second-order valence-corrected chi connectivity index (χ2v) is 6.13. The summed E-state index contributed by atoms with van der Waals surface area (Å²) in [7, 11) is 0. The fourth-order valence-electron chi connectivity index (χ4n) is 3.65. The Morgan fingerprint density at radius 2 is 1.82 bits per heavy atom. The number of carboxylic acids is 1. The Bertz CT molecular complexity index is 565. The van der Waals surface area contributed by atoms with Crippen molar-refractivity contribution in [2.45, 2.75) is 38.4 Å². The Hall–Kier alpha value is -1.88. The molecule has 4 unspecified atom stereocenters. The quantitative estimate of drug-likeness (QED) is 0.845. The predicted molar refractivity (Wildman–Crippen MR) is 78.6 cm³/mol. The summed E-state index contributed by atoms with van der Waals surface area (Å²) < 4.78 is 11.2. The van der Waals surface area contributed by atoms with Crippen LogP contribution in [0.4, 0.5) is 0 Å². The maximum Gasteiger partial charge on any atom is 0.335 e. The summed E-state index contributed by atoms with van der Waals surface area (Å²) in [6.07, 6.45) is 3.33. The van der Waals surface area contributed by atoms with Crippen LogP contribution in [0.25, 0.3) is 0 Å². The van der Waals surface area contributed by atoms with Gasteiger partial charge in [-0.25, -0.2) is 4.79 Å². The molecule has 0 radical (unpaired) electrons. The zero-order valence-electron chi connectivity index (χ0n) is 12.5. The van der Waals surface area contributed by atoms with E-state index in [1.807, 2.05) is 12.1 Å². The number of benzene rings is 1. The molecule has 0 saturated carbocycles. The number of esters is 1. The predicted octanol–water partition coefficient (Wildman–Crippen LogP) is 2.28. The topological polar surface area (TPSA) is 72.8 Å². The molecule has 1 aromatic carbocycles. The minimum atomic E-state index is -0.914. The highest BCUT2D eigenvalue weighted by molar-refractivity contribution is 5.87. The number of rotatable bonds is 5. The van der Waals surface area contributed by atoms with Gasteiger partial charge in [0.2, 0.25) is 0 Å².